The molecule has 8 nitrogen and oxygen atoms in total. The third-order valence-electron chi connectivity index (χ3n) is 4.76. The average Bonchev–Trinajstić information content (AvgIpc) is 2.73. The van der Waals surface area contributed by atoms with Crippen molar-refractivity contribution in [3.8, 4) is 5.75 Å². The second-order valence-electron chi connectivity index (χ2n) is 7.04. The van der Waals surface area contributed by atoms with Gasteiger partial charge in [0.2, 0.25) is 11.9 Å². The zero-order chi connectivity index (χ0) is 21.5. The monoisotopic (exact) mass is 427 g/mol. The Hall–Kier alpha value is -2.94. The second kappa shape index (κ2) is 10.2. The number of thiocarbonyl (C=S) groups is 1. The van der Waals surface area contributed by atoms with Gasteiger partial charge < -0.3 is 19.9 Å². The summed E-state index contributed by atoms with van der Waals surface area (Å²) in [5, 5.41) is 6.81. The fourth-order valence-electron chi connectivity index (χ4n) is 3.32. The van der Waals surface area contributed by atoms with Crippen LogP contribution in [0.2, 0.25) is 0 Å². The highest BCUT2D eigenvalue weighted by Crippen LogP contribution is 2.20. The molecular weight excluding hydrogens is 398 g/mol. The van der Waals surface area contributed by atoms with Crippen LogP contribution in [0.15, 0.2) is 35.3 Å². The number of methoxy groups -OCH3 is 1. The number of nitrogens with one attached hydrogen (secondary N) is 2. The quantitative estimate of drug-likeness (QED) is 0.438. The Morgan fingerprint density at radius 2 is 1.73 bits per heavy atom. The van der Waals surface area contributed by atoms with Gasteiger partial charge in [-0.25, -0.2) is 9.97 Å². The summed E-state index contributed by atoms with van der Waals surface area (Å²) in [6, 6.07) is 10.1. The summed E-state index contributed by atoms with van der Waals surface area (Å²) in [6.45, 7) is 9.97. The largest absolute Gasteiger partial charge is 0.497 e. The van der Waals surface area contributed by atoms with Crippen LogP contribution >= 0.6 is 12.2 Å². The van der Waals surface area contributed by atoms with Crippen LogP contribution in [0.25, 0.3) is 0 Å². The van der Waals surface area contributed by atoms with Crippen LogP contribution in [0.3, 0.4) is 0 Å². The van der Waals surface area contributed by atoms with E-state index in [1.54, 1.807) is 7.11 Å². The van der Waals surface area contributed by atoms with Crippen molar-refractivity contribution in [2.24, 2.45) is 4.99 Å². The molecule has 2 N–H and O–H groups in total. The minimum absolute atomic E-state index is 0.446. The predicted octanol–water partition coefficient (Wildman–Crippen LogP) is 2.59. The summed E-state index contributed by atoms with van der Waals surface area (Å²) < 4.78 is 5.25. The number of benzene rings is 1. The van der Waals surface area contributed by atoms with Crippen LogP contribution in [0, 0.1) is 13.8 Å². The molecule has 0 aliphatic carbocycles. The predicted molar refractivity (Wildman–Crippen MR) is 126 cm³/mol. The lowest BCUT2D eigenvalue weighted by Crippen LogP contribution is -2.51. The molecule has 0 bridgehead atoms. The number of guanidine groups is 1. The lowest BCUT2D eigenvalue weighted by atomic mass is 10.2. The number of ether oxygens (including phenoxy) is 1. The lowest BCUT2D eigenvalue weighted by molar-refractivity contribution is 0.385. The normalized spacial score (nSPS) is 14.5. The highest BCUT2D eigenvalue weighted by molar-refractivity contribution is 7.80. The van der Waals surface area contributed by atoms with Crippen LogP contribution in [-0.2, 0) is 0 Å². The third-order valence-corrected chi connectivity index (χ3v) is 4.99. The van der Waals surface area contributed by atoms with E-state index in [1.807, 2.05) is 39.0 Å². The van der Waals surface area contributed by atoms with E-state index >= 15 is 0 Å². The van der Waals surface area contributed by atoms with Crippen LogP contribution in [-0.4, -0.2) is 65.8 Å². The Kier molecular flexibility index (Phi) is 7.40. The molecule has 1 aliphatic heterocycles. The van der Waals surface area contributed by atoms with Gasteiger partial charge in [0.25, 0.3) is 0 Å². The maximum absolute atomic E-state index is 5.36. The molecular formula is C21H29N7OS. The Morgan fingerprint density at radius 1 is 1.10 bits per heavy atom. The van der Waals surface area contributed by atoms with Crippen molar-refractivity contribution in [2.75, 3.05) is 50.1 Å². The van der Waals surface area contributed by atoms with Gasteiger partial charge in [-0.3, -0.25) is 5.32 Å². The van der Waals surface area contributed by atoms with Crippen molar-refractivity contribution in [1.29, 1.82) is 0 Å². The maximum Gasteiger partial charge on any atom is 0.229 e. The van der Waals surface area contributed by atoms with Gasteiger partial charge in [-0.1, -0.05) is 0 Å². The van der Waals surface area contributed by atoms with Crippen molar-refractivity contribution in [2.45, 2.75) is 20.8 Å². The standard InChI is InChI=1S/C21H29N7OS/c1-5-22-21(30)26-20(25-19-23-15(2)14-16(3)24-19)28-12-10-27(11-13-28)17-6-8-18(29-4)9-7-17/h6-9,14H,5,10-13H2,1-4H3,(H2,22,23,24,25,26,30). The molecule has 0 atom stereocenters. The minimum Gasteiger partial charge on any atom is -0.497 e. The highest BCUT2D eigenvalue weighted by Gasteiger charge is 2.21. The number of aryl methyl sites for hydroxylation is 2. The summed E-state index contributed by atoms with van der Waals surface area (Å²) in [5.41, 5.74) is 2.99. The summed E-state index contributed by atoms with van der Waals surface area (Å²) in [4.78, 5) is 18.1. The topological polar surface area (TPSA) is 77.9 Å². The molecule has 1 saturated heterocycles. The molecule has 2 heterocycles. The molecule has 3 rings (SSSR count). The summed E-state index contributed by atoms with van der Waals surface area (Å²) in [6.07, 6.45) is 0. The second-order valence-corrected chi connectivity index (χ2v) is 7.43. The zero-order valence-electron chi connectivity index (χ0n) is 18.0. The van der Waals surface area contributed by atoms with Gasteiger partial charge in [-0.2, -0.15) is 4.99 Å². The molecule has 0 unspecified atom stereocenters. The van der Waals surface area contributed by atoms with Gasteiger partial charge in [-0.05, 0) is 63.3 Å². The number of aliphatic imine (C=N–C) groups is 1. The van der Waals surface area contributed by atoms with Gasteiger partial charge in [0.15, 0.2) is 5.11 Å². The first-order chi connectivity index (χ1) is 14.5. The van der Waals surface area contributed by atoms with E-state index in [0.717, 1.165) is 49.9 Å². The molecule has 9 heteroatoms. The number of anilines is 2. The van der Waals surface area contributed by atoms with Crippen LogP contribution in [0.4, 0.5) is 11.6 Å². The maximum atomic E-state index is 5.36. The number of hydrogen-bond acceptors (Lipinski definition) is 5. The minimum atomic E-state index is 0.446. The van der Waals surface area contributed by atoms with E-state index in [-0.39, 0.29) is 0 Å². The lowest BCUT2D eigenvalue weighted by Gasteiger charge is -2.37. The van der Waals surface area contributed by atoms with E-state index in [2.05, 4.69) is 47.5 Å². The van der Waals surface area contributed by atoms with Crippen LogP contribution < -0.4 is 20.3 Å². The van der Waals surface area contributed by atoms with E-state index in [9.17, 15) is 0 Å². The number of nitrogens with zero attached hydrogens (tertiary/aromatic N) is 5. The Morgan fingerprint density at radius 3 is 2.30 bits per heavy atom. The summed E-state index contributed by atoms with van der Waals surface area (Å²) in [7, 11) is 1.68. The average molecular weight is 428 g/mol. The smallest absolute Gasteiger partial charge is 0.229 e. The first-order valence-electron chi connectivity index (χ1n) is 10.1. The molecule has 160 valence electrons. The van der Waals surface area contributed by atoms with E-state index in [0.29, 0.717) is 17.0 Å². The van der Waals surface area contributed by atoms with Crippen LogP contribution in [0.1, 0.15) is 18.3 Å². The Balaban J connectivity index is 1.73. The number of rotatable bonds is 4. The van der Waals surface area contributed by atoms with E-state index in [4.69, 9.17) is 17.0 Å². The number of hydrogen-bond donors (Lipinski definition) is 2. The van der Waals surface area contributed by atoms with E-state index < -0.39 is 0 Å². The first-order valence-corrected chi connectivity index (χ1v) is 10.5. The Labute approximate surface area is 183 Å². The highest BCUT2D eigenvalue weighted by atomic mass is 32.1. The number of piperazine rings is 1. The molecule has 1 aromatic heterocycles. The SMILES string of the molecule is CCNC(=S)/N=C(/Nc1nc(C)cc(C)n1)N1CCN(c2ccc(OC)cc2)CC1. The first kappa shape index (κ1) is 21.8. The molecule has 0 spiro atoms. The molecule has 30 heavy (non-hydrogen) atoms. The Bertz CT molecular complexity index is 872. The van der Waals surface area contributed by atoms with Crippen molar-refractivity contribution >= 4 is 34.9 Å². The molecule has 0 saturated carbocycles. The number of aromatic nitrogens is 2. The van der Waals surface area contributed by atoms with Gasteiger partial charge in [-0.15, -0.1) is 0 Å². The fraction of sp³-hybridized carbons (Fsp3) is 0.429. The van der Waals surface area contributed by atoms with Crippen molar-refractivity contribution in [3.05, 3.63) is 41.7 Å². The van der Waals surface area contributed by atoms with Gasteiger partial charge in [0.05, 0.1) is 7.11 Å². The van der Waals surface area contributed by atoms with Gasteiger partial charge in [0.1, 0.15) is 5.75 Å². The van der Waals surface area contributed by atoms with E-state index in [1.165, 1.54) is 5.69 Å². The van der Waals surface area contributed by atoms with Crippen molar-refractivity contribution in [1.82, 2.24) is 20.2 Å². The van der Waals surface area contributed by atoms with Gasteiger partial charge >= 0.3 is 0 Å². The van der Waals surface area contributed by atoms with Crippen LogP contribution in [0.5, 0.6) is 5.75 Å². The molecule has 2 aromatic rings. The van der Waals surface area contributed by atoms with Crippen molar-refractivity contribution in [3.63, 3.8) is 0 Å². The molecule has 1 aromatic carbocycles. The van der Waals surface area contributed by atoms with Crippen molar-refractivity contribution < 1.29 is 4.74 Å². The molecule has 1 fully saturated rings. The summed E-state index contributed by atoms with van der Waals surface area (Å²) in [5.74, 6) is 2.06. The molecule has 0 amide bonds. The molecule has 0 radical (unpaired) electrons. The zero-order valence-corrected chi connectivity index (χ0v) is 18.8. The third kappa shape index (κ3) is 5.79. The van der Waals surface area contributed by atoms with Gasteiger partial charge in [0, 0.05) is 49.8 Å². The fourth-order valence-corrected chi connectivity index (χ4v) is 3.55. The molecule has 1 aliphatic rings. The summed E-state index contributed by atoms with van der Waals surface area (Å²) >= 11 is 5.36.